The van der Waals surface area contributed by atoms with Gasteiger partial charge in [0.15, 0.2) is 5.79 Å². The van der Waals surface area contributed by atoms with E-state index < -0.39 is 0 Å². The molecule has 1 N–H and O–H groups in total. The molecule has 6 fully saturated rings. The van der Waals surface area contributed by atoms with Crippen molar-refractivity contribution in [3.63, 3.8) is 0 Å². The Morgan fingerprint density at radius 2 is 1.63 bits per heavy atom. The third-order valence-electron chi connectivity index (χ3n) is 11.9. The lowest BCUT2D eigenvalue weighted by Gasteiger charge is -2.61. The third kappa shape index (κ3) is 2.61. The van der Waals surface area contributed by atoms with Gasteiger partial charge in [-0.3, -0.25) is 0 Å². The Kier molecular flexibility index (Phi) is 4.58. The second-order valence-corrected chi connectivity index (χ2v) is 13.1. The Bertz CT molecular complexity index is 684. The van der Waals surface area contributed by atoms with E-state index in [4.69, 9.17) is 9.47 Å². The van der Waals surface area contributed by atoms with Gasteiger partial charge in [-0.25, -0.2) is 0 Å². The molecule has 0 aromatic rings. The molecule has 2 saturated heterocycles. The molecule has 170 valence electrons. The van der Waals surface area contributed by atoms with Crippen molar-refractivity contribution in [1.29, 1.82) is 0 Å². The smallest absolute Gasteiger partial charge is 0.171 e. The molecule has 2 aliphatic heterocycles. The van der Waals surface area contributed by atoms with Gasteiger partial charge in [0.25, 0.3) is 0 Å². The van der Waals surface area contributed by atoms with Gasteiger partial charge in [-0.2, -0.15) is 0 Å². The van der Waals surface area contributed by atoms with Crippen LogP contribution in [0.15, 0.2) is 0 Å². The summed E-state index contributed by atoms with van der Waals surface area (Å²) in [5.41, 5.74) is 0.899. The first-order valence-corrected chi connectivity index (χ1v) is 13.3. The minimum Gasteiger partial charge on any atom is -0.393 e. The topological polar surface area (TPSA) is 38.7 Å². The van der Waals surface area contributed by atoms with Crippen LogP contribution in [0.25, 0.3) is 0 Å². The molecule has 0 aromatic heterocycles. The van der Waals surface area contributed by atoms with Crippen molar-refractivity contribution < 1.29 is 14.6 Å². The first-order chi connectivity index (χ1) is 14.3. The van der Waals surface area contributed by atoms with Crippen LogP contribution in [0.5, 0.6) is 0 Å². The summed E-state index contributed by atoms with van der Waals surface area (Å²) < 4.78 is 13.4. The van der Waals surface area contributed by atoms with Crippen molar-refractivity contribution in [1.82, 2.24) is 0 Å². The van der Waals surface area contributed by atoms with Gasteiger partial charge in [0.05, 0.1) is 18.8 Å². The highest BCUT2D eigenvalue weighted by molar-refractivity contribution is 5.15. The molecule has 12 atom stereocenters. The van der Waals surface area contributed by atoms with Crippen LogP contribution in [0, 0.1) is 52.3 Å². The van der Waals surface area contributed by atoms with E-state index in [1.165, 1.54) is 44.9 Å². The third-order valence-corrected chi connectivity index (χ3v) is 11.9. The second kappa shape index (κ2) is 6.70. The lowest BCUT2D eigenvalue weighted by Crippen LogP contribution is -2.55. The summed E-state index contributed by atoms with van der Waals surface area (Å²) in [6.07, 6.45) is 12.9. The fourth-order valence-electron chi connectivity index (χ4n) is 10.3. The molecule has 1 spiro atoms. The minimum atomic E-state index is -0.282. The van der Waals surface area contributed by atoms with Crippen molar-refractivity contribution in [2.45, 2.75) is 110 Å². The van der Waals surface area contributed by atoms with E-state index in [1.807, 2.05) is 0 Å². The molecule has 30 heavy (non-hydrogen) atoms. The number of fused-ring (bicyclic) bond motifs is 7. The Morgan fingerprint density at radius 1 is 0.833 bits per heavy atom. The van der Waals surface area contributed by atoms with E-state index >= 15 is 0 Å². The SMILES string of the molecule is C[C@@H]1CC[C@@]2(OC1)O[C@H]1C[C@H]3[C@@H]4CC[C@H]5CC(O)CC[C@]5(C)[C@H]4CC[C@]3(C)[C@H]1[C@@H]2C. The van der Waals surface area contributed by atoms with Crippen molar-refractivity contribution in [2.75, 3.05) is 6.61 Å². The van der Waals surface area contributed by atoms with Crippen LogP contribution in [0.2, 0.25) is 0 Å². The average Bonchev–Trinajstić information content (AvgIpc) is 3.16. The molecule has 0 bridgehead atoms. The Balaban J connectivity index is 1.26. The zero-order valence-corrected chi connectivity index (χ0v) is 19.7. The van der Waals surface area contributed by atoms with Crippen molar-refractivity contribution >= 4 is 0 Å². The van der Waals surface area contributed by atoms with Crippen LogP contribution in [-0.2, 0) is 9.47 Å². The monoisotopic (exact) mass is 416 g/mol. The maximum Gasteiger partial charge on any atom is 0.171 e. The first kappa shape index (κ1) is 20.5. The van der Waals surface area contributed by atoms with Gasteiger partial charge >= 0.3 is 0 Å². The molecular weight excluding hydrogens is 372 g/mol. The number of ether oxygens (including phenoxy) is 2. The van der Waals surface area contributed by atoms with Gasteiger partial charge in [0, 0.05) is 12.3 Å². The maximum atomic E-state index is 10.3. The second-order valence-electron chi connectivity index (χ2n) is 13.1. The highest BCUT2D eigenvalue weighted by Crippen LogP contribution is 2.71. The van der Waals surface area contributed by atoms with Gasteiger partial charge in [0.1, 0.15) is 0 Å². The number of hydrogen-bond donors (Lipinski definition) is 1. The standard InChI is InChI=1S/C27H44O3/c1-16-7-12-27(29-15-16)17(2)24-23(30-27)14-22-20-6-5-18-13-19(28)8-10-25(18,3)21(20)9-11-26(22,24)4/h16-24,28H,5-15H2,1-4H3/t16-,17+,18+,19?,20-,21+,22+,23+,24+,25+,26+,27-/m1/s1. The maximum absolute atomic E-state index is 10.3. The lowest BCUT2D eigenvalue weighted by molar-refractivity contribution is -0.273. The molecule has 0 amide bonds. The molecule has 2 heterocycles. The molecule has 1 unspecified atom stereocenters. The highest BCUT2D eigenvalue weighted by Gasteiger charge is 2.69. The summed E-state index contributed by atoms with van der Waals surface area (Å²) in [5.74, 6) is 4.93. The molecule has 3 heteroatoms. The van der Waals surface area contributed by atoms with Gasteiger partial charge in [-0.15, -0.1) is 0 Å². The summed E-state index contributed by atoms with van der Waals surface area (Å²) in [4.78, 5) is 0. The van der Waals surface area contributed by atoms with Crippen LogP contribution in [-0.4, -0.2) is 29.7 Å². The van der Waals surface area contributed by atoms with Gasteiger partial charge in [-0.05, 0) is 104 Å². The minimum absolute atomic E-state index is 0.0389. The Morgan fingerprint density at radius 3 is 2.40 bits per heavy atom. The zero-order chi connectivity index (χ0) is 20.9. The summed E-state index contributed by atoms with van der Waals surface area (Å²) in [6.45, 7) is 10.9. The largest absolute Gasteiger partial charge is 0.393 e. The van der Waals surface area contributed by atoms with Crippen molar-refractivity contribution in [2.24, 2.45) is 52.3 Å². The van der Waals surface area contributed by atoms with Crippen LogP contribution in [0.4, 0.5) is 0 Å². The summed E-state index contributed by atoms with van der Waals surface area (Å²) in [7, 11) is 0. The number of aliphatic hydroxyl groups excluding tert-OH is 1. The first-order valence-electron chi connectivity index (χ1n) is 13.3. The lowest BCUT2D eigenvalue weighted by atomic mass is 9.44. The number of hydrogen-bond acceptors (Lipinski definition) is 3. The molecule has 4 saturated carbocycles. The number of rotatable bonds is 0. The zero-order valence-electron chi connectivity index (χ0n) is 19.7. The molecule has 3 nitrogen and oxygen atoms in total. The normalized spacial score (nSPS) is 62.5. The van der Waals surface area contributed by atoms with E-state index in [0.29, 0.717) is 34.7 Å². The van der Waals surface area contributed by atoms with Crippen LogP contribution in [0.1, 0.15) is 91.9 Å². The van der Waals surface area contributed by atoms with E-state index in [0.717, 1.165) is 49.5 Å². The van der Waals surface area contributed by atoms with Crippen molar-refractivity contribution in [3.8, 4) is 0 Å². The summed E-state index contributed by atoms with van der Waals surface area (Å²) in [6, 6.07) is 0. The van der Waals surface area contributed by atoms with Crippen LogP contribution in [0.3, 0.4) is 0 Å². The molecule has 4 aliphatic carbocycles. The molecular formula is C27H44O3. The Labute approximate surface area is 183 Å². The predicted molar refractivity (Wildman–Crippen MR) is 118 cm³/mol. The van der Waals surface area contributed by atoms with Gasteiger partial charge in [0.2, 0.25) is 0 Å². The highest BCUT2D eigenvalue weighted by atomic mass is 16.7. The Hall–Kier alpha value is -0.120. The van der Waals surface area contributed by atoms with Crippen molar-refractivity contribution in [3.05, 3.63) is 0 Å². The molecule has 6 aliphatic rings. The molecule has 0 radical (unpaired) electrons. The van der Waals surface area contributed by atoms with E-state index in [9.17, 15) is 5.11 Å². The van der Waals surface area contributed by atoms with Crippen LogP contribution < -0.4 is 0 Å². The summed E-state index contributed by atoms with van der Waals surface area (Å²) in [5, 5.41) is 10.3. The fraction of sp³-hybridized carbons (Fsp3) is 1.00. The molecule has 6 rings (SSSR count). The van der Waals surface area contributed by atoms with E-state index in [-0.39, 0.29) is 11.9 Å². The van der Waals surface area contributed by atoms with E-state index in [1.54, 1.807) is 0 Å². The molecule has 0 aromatic carbocycles. The van der Waals surface area contributed by atoms with Gasteiger partial charge in [-0.1, -0.05) is 27.7 Å². The predicted octanol–water partition coefficient (Wildman–Crippen LogP) is 5.79. The van der Waals surface area contributed by atoms with Crippen LogP contribution >= 0.6 is 0 Å². The van der Waals surface area contributed by atoms with E-state index in [2.05, 4.69) is 27.7 Å². The number of aliphatic hydroxyl groups is 1. The van der Waals surface area contributed by atoms with Gasteiger partial charge < -0.3 is 14.6 Å². The quantitative estimate of drug-likeness (QED) is 0.543. The fourth-order valence-corrected chi connectivity index (χ4v) is 10.3. The summed E-state index contributed by atoms with van der Waals surface area (Å²) >= 11 is 0. The average molecular weight is 417 g/mol.